The standard InChI is InChI=1S/C9H12N4/c1-2-7(8-10-3-4-11-8)9-12-5-6-13-9/h3-7H,2H2,1H3,(H,10,11)(H,12,13). The van der Waals surface area contributed by atoms with Crippen molar-refractivity contribution in [3.05, 3.63) is 36.4 Å². The smallest absolute Gasteiger partial charge is 0.116 e. The van der Waals surface area contributed by atoms with Gasteiger partial charge in [-0.05, 0) is 6.42 Å². The van der Waals surface area contributed by atoms with Crippen LogP contribution < -0.4 is 0 Å². The molecule has 2 aromatic rings. The second-order valence-corrected chi connectivity index (χ2v) is 2.91. The van der Waals surface area contributed by atoms with Gasteiger partial charge in [-0.15, -0.1) is 0 Å². The van der Waals surface area contributed by atoms with Crippen LogP contribution in [0.2, 0.25) is 0 Å². The van der Waals surface area contributed by atoms with E-state index in [0.29, 0.717) is 0 Å². The van der Waals surface area contributed by atoms with Gasteiger partial charge in [0.05, 0.1) is 5.92 Å². The van der Waals surface area contributed by atoms with Gasteiger partial charge in [0.15, 0.2) is 0 Å². The van der Waals surface area contributed by atoms with Gasteiger partial charge in [-0.25, -0.2) is 9.97 Å². The molecule has 2 aromatic heterocycles. The zero-order valence-corrected chi connectivity index (χ0v) is 7.49. The Hall–Kier alpha value is -1.58. The van der Waals surface area contributed by atoms with E-state index in [-0.39, 0.29) is 5.92 Å². The van der Waals surface area contributed by atoms with Crippen molar-refractivity contribution < 1.29 is 0 Å². The van der Waals surface area contributed by atoms with Gasteiger partial charge in [0, 0.05) is 24.8 Å². The number of nitrogens with zero attached hydrogens (tertiary/aromatic N) is 2. The van der Waals surface area contributed by atoms with Crippen LogP contribution in [0.5, 0.6) is 0 Å². The summed E-state index contributed by atoms with van der Waals surface area (Å²) in [6.07, 6.45) is 8.19. The molecule has 0 aliphatic rings. The number of imidazole rings is 2. The molecule has 2 N–H and O–H groups in total. The molecule has 0 spiro atoms. The maximum atomic E-state index is 4.23. The van der Waals surface area contributed by atoms with Crippen LogP contribution in [0.3, 0.4) is 0 Å². The summed E-state index contributed by atoms with van der Waals surface area (Å²) in [5.74, 6) is 2.19. The lowest BCUT2D eigenvalue weighted by atomic mass is 10.1. The van der Waals surface area contributed by atoms with E-state index >= 15 is 0 Å². The van der Waals surface area contributed by atoms with Crippen LogP contribution in [0.15, 0.2) is 24.8 Å². The molecule has 68 valence electrons. The first-order valence-electron chi connectivity index (χ1n) is 4.40. The third-order valence-corrected chi connectivity index (χ3v) is 2.11. The Morgan fingerprint density at radius 3 is 2.00 bits per heavy atom. The Kier molecular flexibility index (Phi) is 2.12. The highest BCUT2D eigenvalue weighted by Gasteiger charge is 2.15. The fourth-order valence-corrected chi connectivity index (χ4v) is 1.45. The Labute approximate surface area is 76.4 Å². The molecule has 0 radical (unpaired) electrons. The predicted octanol–water partition coefficient (Wildman–Crippen LogP) is 1.67. The molecule has 0 atom stereocenters. The summed E-state index contributed by atoms with van der Waals surface area (Å²) in [5, 5.41) is 0. The highest BCUT2D eigenvalue weighted by Crippen LogP contribution is 2.20. The molecule has 13 heavy (non-hydrogen) atoms. The topological polar surface area (TPSA) is 57.4 Å². The quantitative estimate of drug-likeness (QED) is 0.747. The number of aromatic nitrogens is 4. The van der Waals surface area contributed by atoms with E-state index in [0.717, 1.165) is 18.1 Å². The molecule has 0 bridgehead atoms. The van der Waals surface area contributed by atoms with Gasteiger partial charge in [0.2, 0.25) is 0 Å². The Balaban J connectivity index is 2.29. The molecule has 0 amide bonds. The van der Waals surface area contributed by atoms with E-state index in [2.05, 4.69) is 26.9 Å². The fraction of sp³-hybridized carbons (Fsp3) is 0.333. The van der Waals surface area contributed by atoms with Gasteiger partial charge in [-0.2, -0.15) is 0 Å². The first kappa shape index (κ1) is 8.04. The van der Waals surface area contributed by atoms with E-state index in [9.17, 15) is 0 Å². The molecular formula is C9H12N4. The van der Waals surface area contributed by atoms with Crippen molar-refractivity contribution in [1.82, 2.24) is 19.9 Å². The van der Waals surface area contributed by atoms with Crippen LogP contribution in [0.4, 0.5) is 0 Å². The van der Waals surface area contributed by atoms with Gasteiger partial charge in [-0.3, -0.25) is 0 Å². The van der Waals surface area contributed by atoms with Gasteiger partial charge in [0.1, 0.15) is 11.6 Å². The van der Waals surface area contributed by atoms with Crippen molar-refractivity contribution in [1.29, 1.82) is 0 Å². The number of hydrogen-bond acceptors (Lipinski definition) is 2. The molecule has 2 rings (SSSR count). The average Bonchev–Trinajstić information content (AvgIpc) is 2.76. The van der Waals surface area contributed by atoms with Crippen molar-refractivity contribution in [3.63, 3.8) is 0 Å². The Bertz CT molecular complexity index is 301. The summed E-state index contributed by atoms with van der Waals surface area (Å²) in [6, 6.07) is 0. The first-order chi connectivity index (χ1) is 6.42. The van der Waals surface area contributed by atoms with Crippen LogP contribution >= 0.6 is 0 Å². The second kappa shape index (κ2) is 3.43. The molecule has 0 aliphatic carbocycles. The van der Waals surface area contributed by atoms with E-state index in [1.165, 1.54) is 0 Å². The Morgan fingerprint density at radius 2 is 1.69 bits per heavy atom. The van der Waals surface area contributed by atoms with Gasteiger partial charge < -0.3 is 9.97 Å². The third kappa shape index (κ3) is 1.47. The largest absolute Gasteiger partial charge is 0.348 e. The molecule has 0 saturated heterocycles. The minimum Gasteiger partial charge on any atom is -0.348 e. The monoisotopic (exact) mass is 176 g/mol. The molecule has 2 heterocycles. The van der Waals surface area contributed by atoms with E-state index < -0.39 is 0 Å². The average molecular weight is 176 g/mol. The van der Waals surface area contributed by atoms with Crippen LogP contribution in [0.25, 0.3) is 0 Å². The lowest BCUT2D eigenvalue weighted by Crippen LogP contribution is -2.03. The molecule has 4 heteroatoms. The number of aromatic amines is 2. The van der Waals surface area contributed by atoms with E-state index in [1.54, 1.807) is 12.4 Å². The Morgan fingerprint density at radius 1 is 1.15 bits per heavy atom. The highest BCUT2D eigenvalue weighted by molar-refractivity contribution is 5.10. The molecule has 0 aromatic carbocycles. The van der Waals surface area contributed by atoms with Crippen LogP contribution in [-0.2, 0) is 0 Å². The lowest BCUT2D eigenvalue weighted by Gasteiger charge is -2.07. The van der Waals surface area contributed by atoms with Crippen molar-refractivity contribution in [2.45, 2.75) is 19.3 Å². The van der Waals surface area contributed by atoms with Crippen molar-refractivity contribution in [2.75, 3.05) is 0 Å². The zero-order valence-electron chi connectivity index (χ0n) is 7.49. The summed E-state index contributed by atoms with van der Waals surface area (Å²) in [5.41, 5.74) is 0. The first-order valence-corrected chi connectivity index (χ1v) is 4.40. The normalized spacial score (nSPS) is 10.9. The maximum Gasteiger partial charge on any atom is 0.116 e. The van der Waals surface area contributed by atoms with Gasteiger partial charge >= 0.3 is 0 Å². The van der Waals surface area contributed by atoms with Crippen LogP contribution in [0.1, 0.15) is 30.9 Å². The number of nitrogens with one attached hydrogen (secondary N) is 2. The summed E-state index contributed by atoms with van der Waals surface area (Å²) in [6.45, 7) is 2.12. The van der Waals surface area contributed by atoms with Gasteiger partial charge in [-0.1, -0.05) is 6.92 Å². The number of H-pyrrole nitrogens is 2. The summed E-state index contributed by atoms with van der Waals surface area (Å²) < 4.78 is 0. The van der Waals surface area contributed by atoms with Crippen molar-refractivity contribution in [2.24, 2.45) is 0 Å². The van der Waals surface area contributed by atoms with Crippen LogP contribution in [-0.4, -0.2) is 19.9 Å². The SMILES string of the molecule is CCC(c1ncc[nH]1)c1ncc[nH]1. The maximum absolute atomic E-state index is 4.23. The fourth-order valence-electron chi connectivity index (χ4n) is 1.45. The third-order valence-electron chi connectivity index (χ3n) is 2.11. The highest BCUT2D eigenvalue weighted by atomic mass is 15.0. The second-order valence-electron chi connectivity index (χ2n) is 2.91. The molecule has 0 fully saturated rings. The molecule has 4 nitrogen and oxygen atoms in total. The van der Waals surface area contributed by atoms with Gasteiger partial charge in [0.25, 0.3) is 0 Å². The molecule has 0 saturated carbocycles. The molecule has 0 aliphatic heterocycles. The lowest BCUT2D eigenvalue weighted by molar-refractivity contribution is 0.689. The van der Waals surface area contributed by atoms with E-state index in [4.69, 9.17) is 0 Å². The molecular weight excluding hydrogens is 164 g/mol. The van der Waals surface area contributed by atoms with E-state index in [1.807, 2.05) is 12.4 Å². The zero-order chi connectivity index (χ0) is 9.10. The summed E-state index contributed by atoms with van der Waals surface area (Å²) >= 11 is 0. The minimum atomic E-state index is 0.255. The number of rotatable bonds is 3. The van der Waals surface area contributed by atoms with Crippen LogP contribution in [0, 0.1) is 0 Å². The number of hydrogen-bond donors (Lipinski definition) is 2. The summed E-state index contributed by atoms with van der Waals surface area (Å²) in [7, 11) is 0. The minimum absolute atomic E-state index is 0.255. The molecule has 0 unspecified atom stereocenters. The van der Waals surface area contributed by atoms with Crippen molar-refractivity contribution in [3.8, 4) is 0 Å². The predicted molar refractivity (Wildman–Crippen MR) is 49.3 cm³/mol. The van der Waals surface area contributed by atoms with Crippen molar-refractivity contribution >= 4 is 0 Å². The summed E-state index contributed by atoms with van der Waals surface area (Å²) in [4.78, 5) is 14.7.